The predicted octanol–water partition coefficient (Wildman–Crippen LogP) is 4.05. The fraction of sp³-hybridized carbons (Fsp3) is 0.368. The highest BCUT2D eigenvalue weighted by atomic mass is 32.1. The number of fused-ring (bicyclic) bond motifs is 1. The Morgan fingerprint density at radius 3 is 2.68 bits per heavy atom. The lowest BCUT2D eigenvalue weighted by Crippen LogP contribution is -2.46. The minimum atomic E-state index is -0.452. The van der Waals surface area contributed by atoms with E-state index >= 15 is 0 Å². The van der Waals surface area contributed by atoms with E-state index in [0.717, 1.165) is 56.3 Å². The highest BCUT2D eigenvalue weighted by Gasteiger charge is 2.21. The van der Waals surface area contributed by atoms with Gasteiger partial charge in [0.05, 0.1) is 14.5 Å². The molecule has 3 aromatic rings. The number of rotatable bonds is 7. The van der Waals surface area contributed by atoms with Crippen molar-refractivity contribution in [1.82, 2.24) is 9.27 Å². The summed E-state index contributed by atoms with van der Waals surface area (Å²) in [5.41, 5.74) is 0. The van der Waals surface area contributed by atoms with Gasteiger partial charge < -0.3 is 4.90 Å². The monoisotopic (exact) mass is 416 g/mol. The molecule has 0 atom stereocenters. The molecule has 1 aliphatic rings. The van der Waals surface area contributed by atoms with Gasteiger partial charge in [-0.15, -0.1) is 0 Å². The van der Waals surface area contributed by atoms with Crippen LogP contribution in [0.15, 0.2) is 36.4 Å². The summed E-state index contributed by atoms with van der Waals surface area (Å²) in [6, 6.07) is 11.3. The van der Waals surface area contributed by atoms with Gasteiger partial charge in [0.15, 0.2) is 5.78 Å². The minimum absolute atomic E-state index is 0.00863. The van der Waals surface area contributed by atoms with E-state index in [9.17, 15) is 14.9 Å². The van der Waals surface area contributed by atoms with Crippen molar-refractivity contribution >= 4 is 49.6 Å². The number of Topliss-reactive ketones (excluding diaryl/α,β-unsaturated/α-hetero) is 1. The third-order valence-corrected chi connectivity index (χ3v) is 6.85. The summed E-state index contributed by atoms with van der Waals surface area (Å²) in [6.45, 7) is 4.62. The second-order valence-corrected chi connectivity index (χ2v) is 8.62. The van der Waals surface area contributed by atoms with Crippen LogP contribution in [-0.4, -0.2) is 52.7 Å². The molecule has 9 heteroatoms. The van der Waals surface area contributed by atoms with Gasteiger partial charge in [0.25, 0.3) is 0 Å². The second kappa shape index (κ2) is 8.34. The lowest BCUT2D eigenvalue weighted by molar-refractivity contribution is -0.380. The van der Waals surface area contributed by atoms with Crippen LogP contribution in [0.4, 0.5) is 10.8 Å². The SMILES string of the molecule is O=C(CCCN1CCN(c2nsc3ccccc23)CC1)c1ccc([N+](=O)[O-])s1. The molecule has 1 aliphatic heterocycles. The minimum Gasteiger partial charge on any atom is -0.353 e. The molecule has 7 nitrogen and oxygen atoms in total. The van der Waals surface area contributed by atoms with Gasteiger partial charge in [-0.3, -0.25) is 19.8 Å². The number of hydrogen-bond donors (Lipinski definition) is 0. The van der Waals surface area contributed by atoms with Crippen molar-refractivity contribution < 1.29 is 9.72 Å². The van der Waals surface area contributed by atoms with Gasteiger partial charge in [0.2, 0.25) is 0 Å². The van der Waals surface area contributed by atoms with Crippen LogP contribution in [0.25, 0.3) is 10.1 Å². The number of carbonyl (C=O) groups is 1. The van der Waals surface area contributed by atoms with Gasteiger partial charge >= 0.3 is 5.00 Å². The lowest BCUT2D eigenvalue weighted by Gasteiger charge is -2.35. The molecule has 0 spiro atoms. The zero-order chi connectivity index (χ0) is 19.5. The van der Waals surface area contributed by atoms with Gasteiger partial charge in [-0.05, 0) is 42.7 Å². The number of nitro groups is 1. The number of benzene rings is 1. The number of carbonyl (C=O) groups excluding carboxylic acids is 1. The molecular weight excluding hydrogens is 396 g/mol. The highest BCUT2D eigenvalue weighted by molar-refractivity contribution is 7.17. The Morgan fingerprint density at radius 2 is 1.93 bits per heavy atom. The van der Waals surface area contributed by atoms with Crippen molar-refractivity contribution in [2.75, 3.05) is 37.6 Å². The van der Waals surface area contributed by atoms with E-state index in [2.05, 4.69) is 32.4 Å². The number of piperazine rings is 1. The van der Waals surface area contributed by atoms with Crippen molar-refractivity contribution in [3.8, 4) is 0 Å². The first-order valence-electron chi connectivity index (χ1n) is 9.21. The lowest BCUT2D eigenvalue weighted by atomic mass is 10.1. The van der Waals surface area contributed by atoms with Gasteiger partial charge in [0.1, 0.15) is 5.82 Å². The van der Waals surface area contributed by atoms with E-state index in [1.165, 1.54) is 16.2 Å². The average molecular weight is 417 g/mol. The van der Waals surface area contributed by atoms with Crippen molar-refractivity contribution in [1.29, 1.82) is 0 Å². The average Bonchev–Trinajstić information content (AvgIpc) is 3.36. The van der Waals surface area contributed by atoms with Gasteiger partial charge in [-0.1, -0.05) is 23.5 Å². The van der Waals surface area contributed by atoms with Crippen LogP contribution in [-0.2, 0) is 0 Å². The normalized spacial score (nSPS) is 15.2. The Bertz CT molecular complexity index is 992. The Morgan fingerprint density at radius 1 is 1.14 bits per heavy atom. The first-order valence-corrected chi connectivity index (χ1v) is 10.8. The zero-order valence-electron chi connectivity index (χ0n) is 15.2. The molecule has 1 fully saturated rings. The standard InChI is InChI=1S/C19H20N4O3S2/c24-15(17-7-8-18(27-17)23(25)26)5-3-9-21-10-12-22(13-11-21)19-14-4-1-2-6-16(14)28-20-19/h1-2,4,6-8H,3,5,9-13H2. The van der Waals surface area contributed by atoms with E-state index in [1.807, 2.05) is 6.07 Å². The van der Waals surface area contributed by atoms with Crippen LogP contribution in [0.1, 0.15) is 22.5 Å². The second-order valence-electron chi connectivity index (χ2n) is 6.75. The van der Waals surface area contributed by atoms with Crippen LogP contribution in [0.3, 0.4) is 0 Å². The largest absolute Gasteiger partial charge is 0.353 e. The van der Waals surface area contributed by atoms with Crippen molar-refractivity contribution in [3.63, 3.8) is 0 Å². The molecule has 1 aromatic carbocycles. The van der Waals surface area contributed by atoms with Crippen LogP contribution in [0, 0.1) is 10.1 Å². The molecule has 0 saturated carbocycles. The van der Waals surface area contributed by atoms with Gasteiger partial charge in [-0.2, -0.15) is 4.37 Å². The summed E-state index contributed by atoms with van der Waals surface area (Å²) >= 11 is 2.50. The van der Waals surface area contributed by atoms with Crippen LogP contribution >= 0.6 is 22.9 Å². The van der Waals surface area contributed by atoms with Crippen LogP contribution in [0.5, 0.6) is 0 Å². The molecule has 0 N–H and O–H groups in total. The smallest absolute Gasteiger partial charge is 0.324 e. The number of ketones is 1. The van der Waals surface area contributed by atoms with Crippen molar-refractivity contribution in [3.05, 3.63) is 51.4 Å². The number of aromatic nitrogens is 1. The summed E-state index contributed by atoms with van der Waals surface area (Å²) in [4.78, 5) is 27.7. The summed E-state index contributed by atoms with van der Waals surface area (Å²) in [7, 11) is 0. The highest BCUT2D eigenvalue weighted by Crippen LogP contribution is 2.30. The molecule has 1 saturated heterocycles. The Kier molecular flexibility index (Phi) is 5.65. The van der Waals surface area contributed by atoms with E-state index in [0.29, 0.717) is 11.3 Å². The molecule has 0 unspecified atom stereocenters. The summed E-state index contributed by atoms with van der Waals surface area (Å²) in [5, 5.41) is 12.0. The number of thiophene rings is 1. The first-order chi connectivity index (χ1) is 13.6. The molecule has 2 aromatic heterocycles. The topological polar surface area (TPSA) is 79.6 Å². The number of hydrogen-bond acceptors (Lipinski definition) is 8. The van der Waals surface area contributed by atoms with E-state index in [4.69, 9.17) is 0 Å². The molecule has 146 valence electrons. The molecule has 0 amide bonds. The fourth-order valence-corrected chi connectivity index (χ4v) is 5.03. The summed E-state index contributed by atoms with van der Waals surface area (Å²) in [6.07, 6.45) is 1.19. The first kappa shape index (κ1) is 19.0. The Balaban J connectivity index is 1.24. The van der Waals surface area contributed by atoms with E-state index in [1.54, 1.807) is 17.6 Å². The maximum absolute atomic E-state index is 12.2. The zero-order valence-corrected chi connectivity index (χ0v) is 16.9. The van der Waals surface area contributed by atoms with Crippen LogP contribution in [0.2, 0.25) is 0 Å². The van der Waals surface area contributed by atoms with E-state index < -0.39 is 4.92 Å². The fourth-order valence-electron chi connectivity index (χ4n) is 3.45. The molecule has 4 rings (SSSR count). The van der Waals surface area contributed by atoms with E-state index in [-0.39, 0.29) is 10.8 Å². The molecule has 0 radical (unpaired) electrons. The van der Waals surface area contributed by atoms with Crippen molar-refractivity contribution in [2.24, 2.45) is 0 Å². The maximum atomic E-state index is 12.2. The Hall–Kier alpha value is -2.36. The molecule has 28 heavy (non-hydrogen) atoms. The predicted molar refractivity (Wildman–Crippen MR) is 113 cm³/mol. The third kappa shape index (κ3) is 4.06. The Labute approximate surface area is 170 Å². The maximum Gasteiger partial charge on any atom is 0.324 e. The number of nitrogens with zero attached hydrogens (tertiary/aromatic N) is 4. The summed E-state index contributed by atoms with van der Waals surface area (Å²) < 4.78 is 5.85. The third-order valence-electron chi connectivity index (χ3n) is 4.96. The van der Waals surface area contributed by atoms with Gasteiger partial charge in [0, 0.05) is 44.1 Å². The van der Waals surface area contributed by atoms with Gasteiger partial charge in [-0.25, -0.2) is 0 Å². The molecule has 0 aliphatic carbocycles. The van der Waals surface area contributed by atoms with Crippen molar-refractivity contribution in [2.45, 2.75) is 12.8 Å². The summed E-state index contributed by atoms with van der Waals surface area (Å²) in [5.74, 6) is 1.07. The molecular formula is C19H20N4O3S2. The molecule has 3 heterocycles. The quantitative estimate of drug-likeness (QED) is 0.328. The van der Waals surface area contributed by atoms with Crippen LogP contribution < -0.4 is 4.90 Å². The molecule has 0 bridgehead atoms. The number of anilines is 1.